The Morgan fingerprint density at radius 3 is 2.62 bits per heavy atom. The van der Waals surface area contributed by atoms with Crippen molar-refractivity contribution in [2.45, 2.75) is 6.61 Å². The van der Waals surface area contributed by atoms with Gasteiger partial charge in [-0.2, -0.15) is 5.10 Å². The molecule has 0 saturated carbocycles. The number of rotatable bonds is 6. The standard InChI is InChI=1S/C26H22N6O2/c1-28-26(33)20-11-5-10-19(13-20)25-31-22(23-24(27)29-16-30-32(23)25)18-9-6-12-21(14-18)34-15-17-7-3-2-4-8-17/h2-14,16H,15H2,1H3,(H,28,33)(H2,27,29,30). The van der Waals surface area contributed by atoms with Gasteiger partial charge in [0.2, 0.25) is 0 Å². The summed E-state index contributed by atoms with van der Waals surface area (Å²) in [7, 11) is 1.60. The number of hydrogen-bond acceptors (Lipinski definition) is 6. The lowest BCUT2D eigenvalue weighted by Crippen LogP contribution is -2.17. The van der Waals surface area contributed by atoms with Gasteiger partial charge in [-0.05, 0) is 29.8 Å². The number of ether oxygens (including phenoxy) is 1. The second-order valence-electron chi connectivity index (χ2n) is 7.65. The summed E-state index contributed by atoms with van der Waals surface area (Å²) in [4.78, 5) is 21.2. The Kier molecular flexibility index (Phi) is 5.61. The molecule has 5 aromatic rings. The molecule has 0 atom stereocenters. The van der Waals surface area contributed by atoms with Crippen molar-refractivity contribution >= 4 is 17.2 Å². The fourth-order valence-corrected chi connectivity index (χ4v) is 3.76. The summed E-state index contributed by atoms with van der Waals surface area (Å²) in [6.07, 6.45) is 1.39. The number of benzene rings is 3. The topological polar surface area (TPSA) is 107 Å². The van der Waals surface area contributed by atoms with Crippen LogP contribution in [-0.4, -0.2) is 32.5 Å². The number of aromatic nitrogens is 4. The van der Waals surface area contributed by atoms with Gasteiger partial charge in [0.15, 0.2) is 11.6 Å². The molecule has 168 valence electrons. The van der Waals surface area contributed by atoms with Crippen molar-refractivity contribution in [2.24, 2.45) is 0 Å². The van der Waals surface area contributed by atoms with Gasteiger partial charge in [0.05, 0.1) is 0 Å². The van der Waals surface area contributed by atoms with Crippen LogP contribution in [0.3, 0.4) is 0 Å². The van der Waals surface area contributed by atoms with Crippen molar-refractivity contribution in [1.29, 1.82) is 0 Å². The zero-order valence-electron chi connectivity index (χ0n) is 18.5. The Balaban J connectivity index is 1.57. The summed E-state index contributed by atoms with van der Waals surface area (Å²) in [5.41, 5.74) is 10.6. The van der Waals surface area contributed by atoms with Crippen molar-refractivity contribution in [2.75, 3.05) is 12.8 Å². The lowest BCUT2D eigenvalue weighted by molar-refractivity contribution is 0.0963. The third-order valence-corrected chi connectivity index (χ3v) is 5.43. The number of carbonyl (C=O) groups excluding carboxylic acids is 1. The van der Waals surface area contributed by atoms with Crippen LogP contribution in [0.1, 0.15) is 15.9 Å². The Labute approximate surface area is 196 Å². The van der Waals surface area contributed by atoms with Crippen LogP contribution in [0.25, 0.3) is 28.2 Å². The molecule has 8 heteroatoms. The van der Waals surface area contributed by atoms with E-state index in [4.69, 9.17) is 15.5 Å². The SMILES string of the molecule is CNC(=O)c1cccc(-c2nc(-c3cccc(OCc4ccccc4)c3)c3c(N)ncnn23)c1. The van der Waals surface area contributed by atoms with Crippen LogP contribution in [0.15, 0.2) is 85.2 Å². The molecule has 3 N–H and O–H groups in total. The summed E-state index contributed by atoms with van der Waals surface area (Å²) in [5, 5.41) is 7.03. The number of nitrogens with zero attached hydrogens (tertiary/aromatic N) is 4. The molecule has 8 nitrogen and oxygen atoms in total. The van der Waals surface area contributed by atoms with Crippen LogP contribution in [0, 0.1) is 0 Å². The average Bonchev–Trinajstić information content (AvgIpc) is 3.29. The largest absolute Gasteiger partial charge is 0.489 e. The molecule has 2 heterocycles. The van der Waals surface area contributed by atoms with E-state index in [0.29, 0.717) is 40.8 Å². The zero-order valence-corrected chi connectivity index (χ0v) is 18.5. The van der Waals surface area contributed by atoms with E-state index in [0.717, 1.165) is 16.7 Å². The van der Waals surface area contributed by atoms with Crippen LogP contribution in [0.4, 0.5) is 5.82 Å². The van der Waals surface area contributed by atoms with Crippen molar-refractivity contribution in [3.8, 4) is 28.4 Å². The van der Waals surface area contributed by atoms with Crippen molar-refractivity contribution < 1.29 is 9.53 Å². The fraction of sp³-hybridized carbons (Fsp3) is 0.0769. The molecular formula is C26H22N6O2. The highest BCUT2D eigenvalue weighted by Crippen LogP contribution is 2.33. The molecule has 34 heavy (non-hydrogen) atoms. The molecule has 0 saturated heterocycles. The van der Waals surface area contributed by atoms with E-state index in [9.17, 15) is 4.79 Å². The third-order valence-electron chi connectivity index (χ3n) is 5.43. The number of carbonyl (C=O) groups is 1. The molecule has 1 amide bonds. The first-order chi connectivity index (χ1) is 16.6. The maximum atomic E-state index is 12.1. The third kappa shape index (κ3) is 4.04. The normalized spacial score (nSPS) is 10.9. The molecule has 3 aromatic carbocycles. The Bertz CT molecular complexity index is 1480. The Hall–Kier alpha value is -4.72. The molecule has 0 aliphatic carbocycles. The monoisotopic (exact) mass is 450 g/mol. The smallest absolute Gasteiger partial charge is 0.251 e. The molecular weight excluding hydrogens is 428 g/mol. The number of nitrogens with two attached hydrogens (primary N) is 1. The Morgan fingerprint density at radius 2 is 1.79 bits per heavy atom. The van der Waals surface area contributed by atoms with Crippen molar-refractivity contribution in [3.05, 3.63) is 96.3 Å². The van der Waals surface area contributed by atoms with Crippen LogP contribution >= 0.6 is 0 Å². The number of nitrogen functional groups attached to an aromatic ring is 1. The first kappa shape index (κ1) is 21.1. The van der Waals surface area contributed by atoms with E-state index in [2.05, 4.69) is 15.4 Å². The summed E-state index contributed by atoms with van der Waals surface area (Å²) in [6, 6.07) is 24.8. The van der Waals surface area contributed by atoms with Crippen molar-refractivity contribution in [3.63, 3.8) is 0 Å². The summed E-state index contributed by atoms with van der Waals surface area (Å²) >= 11 is 0. The average molecular weight is 451 g/mol. The van der Waals surface area contributed by atoms with Gasteiger partial charge in [0.1, 0.15) is 29.9 Å². The first-order valence-electron chi connectivity index (χ1n) is 10.7. The molecule has 0 fully saturated rings. The summed E-state index contributed by atoms with van der Waals surface area (Å²) in [5.74, 6) is 1.39. The molecule has 0 spiro atoms. The van der Waals surface area contributed by atoms with Gasteiger partial charge in [-0.3, -0.25) is 4.79 Å². The fourth-order valence-electron chi connectivity index (χ4n) is 3.76. The number of fused-ring (bicyclic) bond motifs is 1. The van der Waals surface area contributed by atoms with Crippen LogP contribution in [0.2, 0.25) is 0 Å². The maximum absolute atomic E-state index is 12.1. The van der Waals surface area contributed by atoms with E-state index in [-0.39, 0.29) is 5.91 Å². The van der Waals surface area contributed by atoms with E-state index in [1.54, 1.807) is 23.7 Å². The van der Waals surface area contributed by atoms with Gasteiger partial charge in [0.25, 0.3) is 5.91 Å². The van der Waals surface area contributed by atoms with E-state index >= 15 is 0 Å². The first-order valence-corrected chi connectivity index (χ1v) is 10.7. The lowest BCUT2D eigenvalue weighted by Gasteiger charge is -2.08. The van der Waals surface area contributed by atoms with Gasteiger partial charge in [-0.1, -0.05) is 54.6 Å². The lowest BCUT2D eigenvalue weighted by atomic mass is 10.1. The van der Waals surface area contributed by atoms with Crippen molar-refractivity contribution in [1.82, 2.24) is 24.9 Å². The number of hydrogen-bond donors (Lipinski definition) is 2. The zero-order chi connectivity index (χ0) is 23.5. The number of nitrogens with one attached hydrogen (secondary N) is 1. The maximum Gasteiger partial charge on any atom is 0.251 e. The molecule has 0 unspecified atom stereocenters. The molecule has 0 aliphatic rings. The van der Waals surface area contributed by atoms with E-state index in [1.165, 1.54) is 6.33 Å². The van der Waals surface area contributed by atoms with Crippen LogP contribution < -0.4 is 15.8 Å². The van der Waals surface area contributed by atoms with Gasteiger partial charge >= 0.3 is 0 Å². The van der Waals surface area contributed by atoms with Gasteiger partial charge in [0, 0.05) is 23.7 Å². The Morgan fingerprint density at radius 1 is 1.00 bits per heavy atom. The van der Waals surface area contributed by atoms with Crippen LogP contribution in [0.5, 0.6) is 5.75 Å². The highest BCUT2D eigenvalue weighted by atomic mass is 16.5. The number of amides is 1. The molecule has 5 rings (SSSR count). The summed E-state index contributed by atoms with van der Waals surface area (Å²) < 4.78 is 7.65. The van der Waals surface area contributed by atoms with Gasteiger partial charge < -0.3 is 15.8 Å². The van der Waals surface area contributed by atoms with Gasteiger partial charge in [-0.25, -0.2) is 14.5 Å². The van der Waals surface area contributed by atoms with E-state index < -0.39 is 0 Å². The highest BCUT2D eigenvalue weighted by molar-refractivity contribution is 5.95. The summed E-state index contributed by atoms with van der Waals surface area (Å²) in [6.45, 7) is 0.455. The highest BCUT2D eigenvalue weighted by Gasteiger charge is 2.19. The number of anilines is 1. The second kappa shape index (κ2) is 9.03. The molecule has 0 radical (unpaired) electrons. The second-order valence-corrected chi connectivity index (χ2v) is 7.65. The molecule has 0 bridgehead atoms. The minimum absolute atomic E-state index is 0.180. The number of imidazole rings is 1. The van der Waals surface area contributed by atoms with E-state index in [1.807, 2.05) is 66.7 Å². The van der Waals surface area contributed by atoms with Gasteiger partial charge in [-0.15, -0.1) is 0 Å². The molecule has 0 aliphatic heterocycles. The predicted molar refractivity (Wildman–Crippen MR) is 130 cm³/mol. The quantitative estimate of drug-likeness (QED) is 0.405. The minimum Gasteiger partial charge on any atom is -0.489 e. The predicted octanol–water partition coefficient (Wildman–Crippen LogP) is 3.98. The minimum atomic E-state index is -0.180. The van der Waals surface area contributed by atoms with Crippen LogP contribution in [-0.2, 0) is 6.61 Å². The molecule has 2 aromatic heterocycles.